The van der Waals surface area contributed by atoms with Gasteiger partial charge in [-0.1, -0.05) is 66.7 Å². The summed E-state index contributed by atoms with van der Waals surface area (Å²) in [6.45, 7) is 7.44. The van der Waals surface area contributed by atoms with Gasteiger partial charge in [0.25, 0.3) is 11.8 Å². The molecule has 0 aliphatic carbocycles. The minimum absolute atomic E-state index is 0.0389. The first-order valence-electron chi connectivity index (χ1n) is 20.6. The number of ether oxygens (including phenoxy) is 2. The van der Waals surface area contributed by atoms with E-state index in [-0.39, 0.29) is 50.0 Å². The fraction of sp³-hybridized carbons (Fsp3) is 0.404. The zero-order chi connectivity index (χ0) is 42.6. The van der Waals surface area contributed by atoms with Crippen molar-refractivity contribution in [3.63, 3.8) is 0 Å². The molecule has 13 heteroatoms. The lowest BCUT2D eigenvalue weighted by Gasteiger charge is -2.27. The summed E-state index contributed by atoms with van der Waals surface area (Å²) in [5, 5.41) is 57.9. The molecule has 4 aromatic carbocycles. The van der Waals surface area contributed by atoms with E-state index < -0.39 is 24.5 Å². The van der Waals surface area contributed by atoms with Gasteiger partial charge in [0.2, 0.25) is 0 Å². The molecule has 4 aromatic rings. The molecule has 2 heterocycles. The van der Waals surface area contributed by atoms with E-state index in [1.165, 1.54) is 5.56 Å². The van der Waals surface area contributed by atoms with Crippen molar-refractivity contribution in [3.05, 3.63) is 94.6 Å². The van der Waals surface area contributed by atoms with Crippen molar-refractivity contribution in [2.45, 2.75) is 45.1 Å². The van der Waals surface area contributed by atoms with Gasteiger partial charge < -0.3 is 45.2 Å². The molecule has 0 bridgehead atoms. The molecule has 0 spiro atoms. The van der Waals surface area contributed by atoms with E-state index in [1.807, 2.05) is 37.3 Å². The number of aliphatic hydroxyl groups is 3. The third-order valence-electron chi connectivity index (χ3n) is 11.4. The predicted molar refractivity (Wildman–Crippen MR) is 233 cm³/mol. The third kappa shape index (κ3) is 9.79. The Morgan fingerprint density at radius 2 is 1.38 bits per heavy atom. The maximum Gasteiger partial charge on any atom is 0.262 e. The average molecular weight is 815 g/mol. The van der Waals surface area contributed by atoms with Gasteiger partial charge in [0, 0.05) is 67.1 Å². The monoisotopic (exact) mass is 814 g/mol. The van der Waals surface area contributed by atoms with Gasteiger partial charge in [-0.15, -0.1) is 0 Å². The van der Waals surface area contributed by atoms with Gasteiger partial charge in [0.05, 0.1) is 57.1 Å². The van der Waals surface area contributed by atoms with Crippen LogP contribution in [0.1, 0.15) is 55.7 Å². The second-order valence-electron chi connectivity index (χ2n) is 15.2. The standard InChI is InChI=1S/C47H54N6O7/c1-31(42(26-48)46(57)50-17-22-59-24-25-60-23-21-54)36-13-12-33-8-3-4-9-39(33)44(36)53-20-16-34(29-53)38-10-7-11-41-40(38)15-14-37(45(41)52-18-5-6-19-52)32(2)43(27-49)47(58)51-28-35(56)30-55/h3-4,7-15,34-35,54-56H,5-6,16-25,28-30H2,1-2H3,(H,50,57)(H,51,58)/b42-31+,43-32+. The maximum atomic E-state index is 13.4. The third-order valence-corrected chi connectivity index (χ3v) is 11.4. The molecule has 2 unspecified atom stereocenters. The van der Waals surface area contributed by atoms with Crippen LogP contribution in [0.2, 0.25) is 0 Å². The van der Waals surface area contributed by atoms with Crippen LogP contribution in [0.4, 0.5) is 11.4 Å². The second kappa shape index (κ2) is 20.9. The van der Waals surface area contributed by atoms with Crippen LogP contribution in [0.3, 0.4) is 0 Å². The van der Waals surface area contributed by atoms with E-state index in [9.17, 15) is 30.3 Å². The number of carbonyl (C=O) groups excluding carboxylic acids is 2. The van der Waals surface area contributed by atoms with Crippen molar-refractivity contribution >= 4 is 55.9 Å². The number of benzene rings is 4. The Labute approximate surface area is 351 Å². The molecule has 6 rings (SSSR count). The molecule has 2 fully saturated rings. The van der Waals surface area contributed by atoms with Gasteiger partial charge in [-0.2, -0.15) is 10.5 Å². The molecule has 60 heavy (non-hydrogen) atoms. The molecular weight excluding hydrogens is 761 g/mol. The number of hydrogen-bond acceptors (Lipinski definition) is 11. The summed E-state index contributed by atoms with van der Waals surface area (Å²) in [4.78, 5) is 31.3. The Kier molecular flexibility index (Phi) is 15.3. The van der Waals surface area contributed by atoms with E-state index >= 15 is 0 Å². The first-order chi connectivity index (χ1) is 29.2. The van der Waals surface area contributed by atoms with Crippen molar-refractivity contribution in [3.8, 4) is 12.1 Å². The Morgan fingerprint density at radius 3 is 2.07 bits per heavy atom. The van der Waals surface area contributed by atoms with Crippen LogP contribution in [0.25, 0.3) is 32.7 Å². The fourth-order valence-electron chi connectivity index (χ4n) is 8.38. The SMILES string of the molecule is C/C(=C(/C#N)C(=O)NCCOCCOCCO)c1ccc2ccccc2c1N1CCC(c2cccc3c(N4CCCC4)c(/C(C)=C(\C#N)C(=O)NCC(O)CO)ccc23)C1. The summed E-state index contributed by atoms with van der Waals surface area (Å²) in [5.74, 6) is -0.909. The van der Waals surface area contributed by atoms with Crippen molar-refractivity contribution < 1.29 is 34.4 Å². The van der Waals surface area contributed by atoms with E-state index in [0.29, 0.717) is 30.9 Å². The van der Waals surface area contributed by atoms with E-state index in [4.69, 9.17) is 14.6 Å². The molecule has 2 atom stereocenters. The number of fused-ring (bicyclic) bond motifs is 2. The lowest BCUT2D eigenvalue weighted by Crippen LogP contribution is -2.34. The lowest BCUT2D eigenvalue weighted by atomic mass is 9.89. The minimum atomic E-state index is -1.12. The Hall–Kier alpha value is -5.80. The van der Waals surface area contributed by atoms with Crippen molar-refractivity contribution in [2.75, 3.05) is 88.7 Å². The van der Waals surface area contributed by atoms with Crippen LogP contribution >= 0.6 is 0 Å². The van der Waals surface area contributed by atoms with Crippen molar-refractivity contribution in [1.29, 1.82) is 10.5 Å². The highest BCUT2D eigenvalue weighted by Gasteiger charge is 2.31. The topological polar surface area (TPSA) is 191 Å². The predicted octanol–water partition coefficient (Wildman–Crippen LogP) is 4.79. The number of carbonyl (C=O) groups is 2. The summed E-state index contributed by atoms with van der Waals surface area (Å²) in [6, 6.07) is 27.0. The van der Waals surface area contributed by atoms with Gasteiger partial charge in [0.1, 0.15) is 23.3 Å². The van der Waals surface area contributed by atoms with E-state index in [2.05, 4.69) is 69.0 Å². The van der Waals surface area contributed by atoms with Crippen LogP contribution in [0.15, 0.2) is 77.9 Å². The summed E-state index contributed by atoms with van der Waals surface area (Å²) >= 11 is 0. The zero-order valence-corrected chi connectivity index (χ0v) is 34.4. The lowest BCUT2D eigenvalue weighted by molar-refractivity contribution is -0.118. The summed E-state index contributed by atoms with van der Waals surface area (Å²) in [7, 11) is 0. The van der Waals surface area contributed by atoms with Gasteiger partial charge in [0.15, 0.2) is 0 Å². The molecule has 2 aliphatic rings. The number of nitriles is 2. The zero-order valence-electron chi connectivity index (χ0n) is 34.4. The number of amides is 2. The van der Waals surface area contributed by atoms with Crippen LogP contribution in [-0.2, 0) is 19.1 Å². The summed E-state index contributed by atoms with van der Waals surface area (Å²) in [5.41, 5.74) is 5.93. The van der Waals surface area contributed by atoms with Crippen molar-refractivity contribution in [1.82, 2.24) is 10.6 Å². The van der Waals surface area contributed by atoms with E-state index in [1.54, 1.807) is 6.92 Å². The second-order valence-corrected chi connectivity index (χ2v) is 15.2. The van der Waals surface area contributed by atoms with Crippen molar-refractivity contribution in [2.24, 2.45) is 0 Å². The Morgan fingerprint density at radius 1 is 0.750 bits per heavy atom. The molecule has 13 nitrogen and oxygen atoms in total. The van der Waals surface area contributed by atoms with Gasteiger partial charge in [-0.25, -0.2) is 0 Å². The molecule has 2 saturated heterocycles. The average Bonchev–Trinajstić information content (AvgIpc) is 3.99. The highest BCUT2D eigenvalue weighted by molar-refractivity contribution is 6.10. The Balaban J connectivity index is 1.32. The highest BCUT2D eigenvalue weighted by atomic mass is 16.5. The molecule has 5 N–H and O–H groups in total. The molecule has 314 valence electrons. The number of nitrogens with zero attached hydrogens (tertiary/aromatic N) is 4. The first kappa shape index (κ1) is 43.8. The Bertz CT molecular complexity index is 2340. The molecule has 2 aliphatic heterocycles. The van der Waals surface area contributed by atoms with Crippen LogP contribution in [0, 0.1) is 22.7 Å². The number of allylic oxidation sites excluding steroid dienone is 2. The molecule has 2 amide bonds. The molecule has 0 radical (unpaired) electrons. The van der Waals surface area contributed by atoms with Gasteiger partial charge >= 0.3 is 0 Å². The van der Waals surface area contributed by atoms with E-state index in [0.717, 1.165) is 82.9 Å². The fourth-order valence-corrected chi connectivity index (χ4v) is 8.38. The smallest absolute Gasteiger partial charge is 0.262 e. The molecular formula is C47H54N6O7. The minimum Gasteiger partial charge on any atom is -0.394 e. The first-order valence-corrected chi connectivity index (χ1v) is 20.6. The number of aliphatic hydroxyl groups excluding tert-OH is 3. The molecule has 0 aromatic heterocycles. The normalized spacial score (nSPS) is 16.6. The highest BCUT2D eigenvalue weighted by Crippen LogP contribution is 2.44. The summed E-state index contributed by atoms with van der Waals surface area (Å²) < 4.78 is 10.7. The molecule has 0 saturated carbocycles. The van der Waals surface area contributed by atoms with Crippen LogP contribution < -0.4 is 20.4 Å². The largest absolute Gasteiger partial charge is 0.394 e. The number of rotatable bonds is 18. The van der Waals surface area contributed by atoms with Crippen LogP contribution in [0.5, 0.6) is 0 Å². The van der Waals surface area contributed by atoms with Gasteiger partial charge in [-0.05, 0) is 60.6 Å². The number of nitrogens with one attached hydrogen (secondary N) is 2. The summed E-state index contributed by atoms with van der Waals surface area (Å²) in [6.07, 6.45) is 1.82. The number of hydrogen-bond donors (Lipinski definition) is 5. The van der Waals surface area contributed by atoms with Crippen LogP contribution in [-0.4, -0.2) is 112 Å². The van der Waals surface area contributed by atoms with Gasteiger partial charge in [-0.3, -0.25) is 9.59 Å². The number of anilines is 2. The maximum absolute atomic E-state index is 13.4. The quantitative estimate of drug-likeness (QED) is 0.0527.